The highest BCUT2D eigenvalue weighted by atomic mass is 16.3. The highest BCUT2D eigenvalue weighted by molar-refractivity contribution is 5.48. The van der Waals surface area contributed by atoms with Gasteiger partial charge in [0.25, 0.3) is 0 Å². The molecule has 0 aliphatic carbocycles. The molecule has 0 spiro atoms. The van der Waals surface area contributed by atoms with Gasteiger partial charge in [-0.05, 0) is 45.7 Å². The molecule has 20 heavy (non-hydrogen) atoms. The van der Waals surface area contributed by atoms with Gasteiger partial charge < -0.3 is 15.3 Å². The van der Waals surface area contributed by atoms with E-state index in [1.165, 1.54) is 5.56 Å². The zero-order chi connectivity index (χ0) is 14.6. The molecule has 1 aliphatic heterocycles. The summed E-state index contributed by atoms with van der Waals surface area (Å²) in [6.07, 6.45) is 4.60. The molecule has 2 heterocycles. The molecule has 4 heteroatoms. The molecule has 1 unspecified atom stereocenters. The van der Waals surface area contributed by atoms with Crippen LogP contribution in [-0.4, -0.2) is 35.3 Å². The van der Waals surface area contributed by atoms with Gasteiger partial charge in [-0.2, -0.15) is 0 Å². The van der Waals surface area contributed by atoms with E-state index < -0.39 is 5.60 Å². The van der Waals surface area contributed by atoms with Crippen LogP contribution in [0, 0.1) is 0 Å². The van der Waals surface area contributed by atoms with Crippen molar-refractivity contribution in [1.29, 1.82) is 0 Å². The molecule has 1 aliphatic rings. The number of pyridine rings is 1. The van der Waals surface area contributed by atoms with Crippen molar-refractivity contribution in [3.05, 3.63) is 23.9 Å². The molecule has 0 aromatic carbocycles. The summed E-state index contributed by atoms with van der Waals surface area (Å²) in [5.74, 6) is 1.07. The van der Waals surface area contributed by atoms with Crippen molar-refractivity contribution in [1.82, 2.24) is 10.3 Å². The smallest absolute Gasteiger partial charge is 0.133 e. The summed E-state index contributed by atoms with van der Waals surface area (Å²) in [7, 11) is 0. The third-order valence-electron chi connectivity index (χ3n) is 4.12. The van der Waals surface area contributed by atoms with E-state index in [1.54, 1.807) is 0 Å². The van der Waals surface area contributed by atoms with Gasteiger partial charge in [0.2, 0.25) is 0 Å². The number of aromatic nitrogens is 1. The minimum atomic E-state index is -0.516. The third kappa shape index (κ3) is 3.70. The number of hydrogen-bond donors (Lipinski definition) is 2. The molecule has 2 rings (SSSR count). The van der Waals surface area contributed by atoms with Gasteiger partial charge in [0.15, 0.2) is 0 Å². The fourth-order valence-electron chi connectivity index (χ4n) is 2.68. The van der Waals surface area contributed by atoms with E-state index in [1.807, 2.05) is 19.2 Å². The molecule has 0 saturated carbocycles. The monoisotopic (exact) mass is 277 g/mol. The van der Waals surface area contributed by atoms with Crippen LogP contribution in [0.4, 0.5) is 5.82 Å². The van der Waals surface area contributed by atoms with Gasteiger partial charge in [-0.3, -0.25) is 0 Å². The first-order chi connectivity index (χ1) is 9.53. The van der Waals surface area contributed by atoms with Gasteiger partial charge >= 0.3 is 0 Å². The molecule has 2 N–H and O–H groups in total. The largest absolute Gasteiger partial charge is 0.390 e. The van der Waals surface area contributed by atoms with E-state index in [4.69, 9.17) is 0 Å². The lowest BCUT2D eigenvalue weighted by Gasteiger charge is -2.37. The molecule has 112 valence electrons. The Kier molecular flexibility index (Phi) is 5.00. The van der Waals surface area contributed by atoms with Gasteiger partial charge in [0, 0.05) is 30.9 Å². The summed E-state index contributed by atoms with van der Waals surface area (Å²) in [5.41, 5.74) is 0.736. The Labute approximate surface area is 122 Å². The topological polar surface area (TPSA) is 48.4 Å². The molecule has 1 fully saturated rings. The molecule has 4 nitrogen and oxygen atoms in total. The molecule has 1 aromatic heterocycles. The Bertz CT molecular complexity index is 423. The Morgan fingerprint density at radius 2 is 2.15 bits per heavy atom. The first-order valence-corrected chi connectivity index (χ1v) is 7.69. The Morgan fingerprint density at radius 3 is 2.80 bits per heavy atom. The van der Waals surface area contributed by atoms with E-state index >= 15 is 0 Å². The maximum Gasteiger partial charge on any atom is 0.133 e. The van der Waals surface area contributed by atoms with Gasteiger partial charge in [-0.15, -0.1) is 0 Å². The predicted octanol–water partition coefficient (Wildman–Crippen LogP) is 2.49. The molecule has 1 aromatic rings. The molecule has 1 saturated heterocycles. The fraction of sp³-hybridized carbons (Fsp3) is 0.688. The van der Waals surface area contributed by atoms with Crippen LogP contribution in [0.1, 0.15) is 51.6 Å². The SMILES string of the molecule is CCCNC(C)c1cccnc1N1CCC(C)(O)CC1. The Hall–Kier alpha value is -1.13. The molecule has 0 bridgehead atoms. The maximum absolute atomic E-state index is 10.1. The van der Waals surface area contributed by atoms with Crippen molar-refractivity contribution in [3.8, 4) is 0 Å². The van der Waals surface area contributed by atoms with Crippen LogP contribution in [0.2, 0.25) is 0 Å². The Morgan fingerprint density at radius 1 is 1.45 bits per heavy atom. The lowest BCUT2D eigenvalue weighted by atomic mass is 9.93. The number of anilines is 1. The predicted molar refractivity (Wildman–Crippen MR) is 83.0 cm³/mol. The Balaban J connectivity index is 2.12. The third-order valence-corrected chi connectivity index (χ3v) is 4.12. The number of rotatable bonds is 5. The van der Waals surface area contributed by atoms with Crippen molar-refractivity contribution >= 4 is 5.82 Å². The van der Waals surface area contributed by atoms with Crippen molar-refractivity contribution in [2.45, 2.75) is 51.7 Å². The maximum atomic E-state index is 10.1. The van der Waals surface area contributed by atoms with Crippen LogP contribution in [0.5, 0.6) is 0 Å². The second-order valence-electron chi connectivity index (χ2n) is 6.08. The average molecular weight is 277 g/mol. The zero-order valence-corrected chi connectivity index (χ0v) is 12.9. The van der Waals surface area contributed by atoms with Crippen molar-refractivity contribution in [2.75, 3.05) is 24.5 Å². The van der Waals surface area contributed by atoms with E-state index in [0.29, 0.717) is 6.04 Å². The van der Waals surface area contributed by atoms with Gasteiger partial charge in [0.05, 0.1) is 5.60 Å². The minimum Gasteiger partial charge on any atom is -0.390 e. The van der Waals surface area contributed by atoms with Crippen LogP contribution in [0.25, 0.3) is 0 Å². The summed E-state index contributed by atoms with van der Waals surface area (Å²) in [4.78, 5) is 6.89. The van der Waals surface area contributed by atoms with E-state index in [0.717, 1.165) is 44.7 Å². The summed E-state index contributed by atoms with van der Waals surface area (Å²) in [6, 6.07) is 4.46. The van der Waals surface area contributed by atoms with Crippen LogP contribution in [0.15, 0.2) is 18.3 Å². The number of nitrogens with one attached hydrogen (secondary N) is 1. The summed E-state index contributed by atoms with van der Waals surface area (Å²) < 4.78 is 0. The first-order valence-electron chi connectivity index (χ1n) is 7.69. The summed E-state index contributed by atoms with van der Waals surface area (Å²) in [5, 5.41) is 13.6. The van der Waals surface area contributed by atoms with Gasteiger partial charge in [-0.1, -0.05) is 13.0 Å². The highest BCUT2D eigenvalue weighted by Gasteiger charge is 2.29. The molecular weight excluding hydrogens is 250 g/mol. The van der Waals surface area contributed by atoms with Gasteiger partial charge in [-0.25, -0.2) is 4.98 Å². The molecular formula is C16H27N3O. The normalized spacial score (nSPS) is 19.9. The van der Waals surface area contributed by atoms with E-state index in [2.05, 4.69) is 35.1 Å². The van der Waals surface area contributed by atoms with Crippen LogP contribution in [0.3, 0.4) is 0 Å². The summed E-state index contributed by atoms with van der Waals surface area (Å²) in [6.45, 7) is 9.06. The van der Waals surface area contributed by atoms with Crippen LogP contribution >= 0.6 is 0 Å². The second-order valence-corrected chi connectivity index (χ2v) is 6.08. The highest BCUT2D eigenvalue weighted by Crippen LogP contribution is 2.29. The van der Waals surface area contributed by atoms with E-state index in [9.17, 15) is 5.11 Å². The average Bonchev–Trinajstić information content (AvgIpc) is 2.45. The number of piperidine rings is 1. The number of nitrogens with zero attached hydrogens (tertiary/aromatic N) is 2. The fourth-order valence-corrected chi connectivity index (χ4v) is 2.68. The molecule has 0 radical (unpaired) electrons. The van der Waals surface area contributed by atoms with Crippen molar-refractivity contribution < 1.29 is 5.11 Å². The van der Waals surface area contributed by atoms with Crippen molar-refractivity contribution in [3.63, 3.8) is 0 Å². The van der Waals surface area contributed by atoms with Crippen molar-refractivity contribution in [2.24, 2.45) is 0 Å². The first kappa shape index (κ1) is 15.3. The van der Waals surface area contributed by atoms with Gasteiger partial charge in [0.1, 0.15) is 5.82 Å². The lowest BCUT2D eigenvalue weighted by Crippen LogP contribution is -2.43. The number of aliphatic hydroxyl groups is 1. The minimum absolute atomic E-state index is 0.307. The molecule has 0 amide bonds. The quantitative estimate of drug-likeness (QED) is 0.868. The standard InChI is InChI=1S/C16H27N3O/c1-4-9-17-13(2)14-6-5-10-18-15(14)19-11-7-16(3,20)8-12-19/h5-6,10,13,17,20H,4,7-9,11-12H2,1-3H3. The van der Waals surface area contributed by atoms with E-state index in [-0.39, 0.29) is 0 Å². The molecule has 1 atom stereocenters. The lowest BCUT2D eigenvalue weighted by molar-refractivity contribution is 0.0350. The zero-order valence-electron chi connectivity index (χ0n) is 12.9. The second kappa shape index (κ2) is 6.55. The van der Waals surface area contributed by atoms with Crippen LogP contribution < -0.4 is 10.2 Å². The van der Waals surface area contributed by atoms with Crippen LogP contribution in [-0.2, 0) is 0 Å². The number of hydrogen-bond acceptors (Lipinski definition) is 4. The summed E-state index contributed by atoms with van der Waals surface area (Å²) >= 11 is 0.